The molecule has 0 fully saturated rings. The number of rotatable bonds is 10. The van der Waals surface area contributed by atoms with Gasteiger partial charge in [-0.05, 0) is 31.9 Å². The van der Waals surface area contributed by atoms with Crippen molar-refractivity contribution in [1.29, 1.82) is 5.26 Å². The second-order valence-corrected chi connectivity index (χ2v) is 8.31. The number of methoxy groups -OCH3 is 1. The molecule has 0 aliphatic heterocycles. The van der Waals surface area contributed by atoms with E-state index < -0.39 is 0 Å². The summed E-state index contributed by atoms with van der Waals surface area (Å²) in [5, 5.41) is 15.8. The molecular weight excluding hydrogens is 458 g/mol. The Balaban J connectivity index is 1.93. The molecule has 0 aliphatic carbocycles. The molecular formula is C25H32N9O2+. The molecule has 0 aliphatic rings. The molecule has 2 N–H and O–H groups in total. The number of amidine groups is 1. The van der Waals surface area contributed by atoms with Crippen LogP contribution in [0.4, 0.5) is 5.69 Å². The molecule has 3 heterocycles. The Labute approximate surface area is 210 Å². The quantitative estimate of drug-likeness (QED) is 0.252. The number of anilines is 1. The van der Waals surface area contributed by atoms with E-state index in [9.17, 15) is 0 Å². The summed E-state index contributed by atoms with van der Waals surface area (Å²) in [7, 11) is 7.12. The van der Waals surface area contributed by atoms with Crippen molar-refractivity contribution < 1.29 is 14.0 Å². The lowest BCUT2D eigenvalue weighted by atomic mass is 10.2. The van der Waals surface area contributed by atoms with Crippen LogP contribution in [0.3, 0.4) is 0 Å². The summed E-state index contributed by atoms with van der Waals surface area (Å²) in [4.78, 5) is 17.6. The first-order valence-electron chi connectivity index (χ1n) is 11.4. The number of aryl methyl sites for hydroxylation is 2. The Kier molecular flexibility index (Phi) is 8.70. The topological polar surface area (TPSA) is 125 Å². The molecule has 0 amide bonds. The second kappa shape index (κ2) is 11.9. The number of hydrogen-bond acceptors (Lipinski definition) is 8. The third-order valence-corrected chi connectivity index (χ3v) is 5.48. The monoisotopic (exact) mass is 490 g/mol. The van der Waals surface area contributed by atoms with Gasteiger partial charge in [0.25, 0.3) is 5.82 Å². The van der Waals surface area contributed by atoms with E-state index >= 15 is 0 Å². The number of nitriles is 1. The highest BCUT2D eigenvalue weighted by molar-refractivity contribution is 5.94. The third-order valence-electron chi connectivity index (χ3n) is 5.48. The summed E-state index contributed by atoms with van der Waals surface area (Å²) in [6.45, 7) is 8.62. The Morgan fingerprint density at radius 3 is 2.81 bits per heavy atom. The fourth-order valence-corrected chi connectivity index (χ4v) is 3.27. The van der Waals surface area contributed by atoms with Crippen LogP contribution >= 0.6 is 0 Å². The third kappa shape index (κ3) is 6.43. The van der Waals surface area contributed by atoms with Crippen LogP contribution < -0.4 is 15.4 Å². The van der Waals surface area contributed by atoms with Crippen molar-refractivity contribution in [1.82, 2.24) is 24.8 Å². The first-order valence-corrected chi connectivity index (χ1v) is 11.4. The average Bonchev–Trinajstić information content (AvgIpc) is 3.24. The molecule has 0 radical (unpaired) electrons. The molecule has 3 aromatic heterocycles. The number of ether oxygens (including phenoxy) is 2. The first kappa shape index (κ1) is 26.3. The van der Waals surface area contributed by atoms with Crippen molar-refractivity contribution in [3.05, 3.63) is 47.8 Å². The van der Waals surface area contributed by atoms with Crippen molar-refractivity contribution in [3.8, 4) is 17.7 Å². The summed E-state index contributed by atoms with van der Waals surface area (Å²) in [6, 6.07) is 5.46. The highest BCUT2D eigenvalue weighted by Crippen LogP contribution is 2.30. The van der Waals surface area contributed by atoms with Gasteiger partial charge in [-0.1, -0.05) is 0 Å². The van der Waals surface area contributed by atoms with Gasteiger partial charge in [0.2, 0.25) is 5.88 Å². The van der Waals surface area contributed by atoms with Crippen molar-refractivity contribution >= 4 is 29.4 Å². The summed E-state index contributed by atoms with van der Waals surface area (Å²) >= 11 is 0. The Hall–Kier alpha value is -4.30. The number of nitrogens with one attached hydrogen (secondary N) is 2. The number of hydrogen-bond donors (Lipinski definition) is 2. The van der Waals surface area contributed by atoms with Gasteiger partial charge < -0.3 is 19.4 Å². The normalized spacial score (nSPS) is 12.8. The zero-order valence-corrected chi connectivity index (χ0v) is 21.5. The molecule has 0 bridgehead atoms. The highest BCUT2D eigenvalue weighted by Gasteiger charge is 2.19. The molecule has 3 rings (SSSR count). The van der Waals surface area contributed by atoms with Crippen LogP contribution in [0.25, 0.3) is 11.2 Å². The summed E-state index contributed by atoms with van der Waals surface area (Å²) in [6.07, 6.45) is 6.07. The molecule has 188 valence electrons. The standard InChI is InChI=1S/C25H32N9O2/c1-16-10-18(13-26)29-14-20(16)36-23-11-19(24-25(32-23)34(6)15-30-24)31-22(33(4)5)12-21(27-3)28-9-8-17(2)35-7/h10-12,14-15,17H,4,8-9H2,1-3,5-7H3,(H,27,28)(H,31,32)/q+1/b22-12-. The number of aromatic nitrogens is 4. The molecule has 0 spiro atoms. The van der Waals surface area contributed by atoms with E-state index in [4.69, 9.17) is 14.7 Å². The molecule has 0 saturated heterocycles. The minimum absolute atomic E-state index is 0.148. The maximum absolute atomic E-state index is 9.08. The van der Waals surface area contributed by atoms with Crippen molar-refractivity contribution in [2.24, 2.45) is 12.0 Å². The van der Waals surface area contributed by atoms with E-state index in [1.807, 2.05) is 44.7 Å². The zero-order chi connectivity index (χ0) is 26.2. The van der Waals surface area contributed by atoms with Crippen LogP contribution in [0.5, 0.6) is 11.6 Å². The maximum Gasteiger partial charge on any atom is 0.282 e. The van der Waals surface area contributed by atoms with Gasteiger partial charge in [0.15, 0.2) is 22.6 Å². The lowest BCUT2D eigenvalue weighted by molar-refractivity contribution is -0.431. The summed E-state index contributed by atoms with van der Waals surface area (Å²) < 4.78 is 14.9. The smallest absolute Gasteiger partial charge is 0.282 e. The van der Waals surface area contributed by atoms with Crippen LogP contribution in [0.15, 0.2) is 41.5 Å². The van der Waals surface area contributed by atoms with Gasteiger partial charge in [-0.3, -0.25) is 4.99 Å². The number of nitrogens with zero attached hydrogens (tertiary/aromatic N) is 7. The minimum Gasteiger partial charge on any atom is -0.437 e. The Morgan fingerprint density at radius 1 is 1.39 bits per heavy atom. The van der Waals surface area contributed by atoms with Crippen molar-refractivity contribution in [3.63, 3.8) is 0 Å². The lowest BCUT2D eigenvalue weighted by Gasteiger charge is -2.12. The van der Waals surface area contributed by atoms with Gasteiger partial charge in [-0.25, -0.2) is 19.9 Å². The van der Waals surface area contributed by atoms with Crippen LogP contribution in [0.1, 0.15) is 24.6 Å². The van der Waals surface area contributed by atoms with Gasteiger partial charge in [0.05, 0.1) is 38.5 Å². The van der Waals surface area contributed by atoms with E-state index in [-0.39, 0.29) is 6.10 Å². The zero-order valence-electron chi connectivity index (χ0n) is 21.5. The Morgan fingerprint density at radius 2 is 2.17 bits per heavy atom. The molecule has 11 heteroatoms. The number of imidazole rings is 1. The van der Waals surface area contributed by atoms with E-state index in [0.29, 0.717) is 52.4 Å². The van der Waals surface area contributed by atoms with E-state index in [1.54, 1.807) is 37.2 Å². The highest BCUT2D eigenvalue weighted by atomic mass is 16.5. The number of aliphatic imine (C=N–C) groups is 1. The van der Waals surface area contributed by atoms with Crippen LogP contribution in [-0.2, 0) is 11.8 Å². The fraction of sp³-hybridized carbons (Fsp3) is 0.360. The van der Waals surface area contributed by atoms with E-state index in [2.05, 4.69) is 37.3 Å². The lowest BCUT2D eigenvalue weighted by Crippen LogP contribution is -2.27. The molecule has 3 aromatic rings. The van der Waals surface area contributed by atoms with Crippen LogP contribution in [-0.4, -0.2) is 70.5 Å². The SMILES string of the molecule is C=[N+](C)/C(=C\C(=N/C)NCCC(C)OC)Nc1cc(Oc2cnc(C#N)cc2C)nc2c1ncn2C. The van der Waals surface area contributed by atoms with Crippen molar-refractivity contribution in [2.45, 2.75) is 26.4 Å². The second-order valence-electron chi connectivity index (χ2n) is 8.31. The molecule has 0 saturated carbocycles. The summed E-state index contributed by atoms with van der Waals surface area (Å²) in [5.41, 5.74) is 3.09. The van der Waals surface area contributed by atoms with Gasteiger partial charge >= 0.3 is 0 Å². The van der Waals surface area contributed by atoms with E-state index in [0.717, 1.165) is 12.0 Å². The predicted octanol–water partition coefficient (Wildman–Crippen LogP) is 2.97. The molecule has 11 nitrogen and oxygen atoms in total. The fourth-order valence-electron chi connectivity index (χ4n) is 3.27. The number of fused-ring (bicyclic) bond motifs is 1. The molecule has 1 atom stereocenters. The van der Waals surface area contributed by atoms with Gasteiger partial charge in [-0.15, -0.1) is 0 Å². The van der Waals surface area contributed by atoms with Gasteiger partial charge in [0, 0.05) is 33.8 Å². The molecule has 1 unspecified atom stereocenters. The average molecular weight is 491 g/mol. The van der Waals surface area contributed by atoms with E-state index in [1.165, 1.54) is 6.20 Å². The molecule has 36 heavy (non-hydrogen) atoms. The predicted molar refractivity (Wildman–Crippen MR) is 140 cm³/mol. The Bertz CT molecular complexity index is 1350. The summed E-state index contributed by atoms with van der Waals surface area (Å²) in [5.74, 6) is 2.24. The minimum atomic E-state index is 0.148. The van der Waals surface area contributed by atoms with Gasteiger partial charge in [-0.2, -0.15) is 10.2 Å². The largest absolute Gasteiger partial charge is 0.437 e. The van der Waals surface area contributed by atoms with Crippen molar-refractivity contribution in [2.75, 3.05) is 33.1 Å². The maximum atomic E-state index is 9.08. The first-order chi connectivity index (χ1) is 17.2. The molecule has 0 aromatic carbocycles. The van der Waals surface area contributed by atoms with Crippen LogP contribution in [0, 0.1) is 18.3 Å². The van der Waals surface area contributed by atoms with Crippen LogP contribution in [0.2, 0.25) is 0 Å². The number of pyridine rings is 2. The van der Waals surface area contributed by atoms with Gasteiger partial charge in [0.1, 0.15) is 17.6 Å².